The molecule has 0 bridgehead atoms. The molecule has 0 saturated heterocycles. The number of alkyl carbamates (subject to hydrolysis) is 1. The summed E-state index contributed by atoms with van der Waals surface area (Å²) in [7, 11) is 0. The van der Waals surface area contributed by atoms with Gasteiger partial charge in [0.15, 0.2) is 0 Å². The summed E-state index contributed by atoms with van der Waals surface area (Å²) in [6.45, 7) is 5.76. The molecule has 5 heteroatoms. The van der Waals surface area contributed by atoms with Gasteiger partial charge in [0.05, 0.1) is 5.02 Å². The minimum atomic E-state index is -0.494. The molecule has 0 aliphatic rings. The van der Waals surface area contributed by atoms with E-state index >= 15 is 0 Å². The minimum absolute atomic E-state index is 0.330. The van der Waals surface area contributed by atoms with Crippen LogP contribution in [-0.2, 0) is 11.3 Å². The standard InChI is InChI=1S/C11H15ClN2O2/c1-11(2,3)16-10(15)14-6-8-4-5-13-7-9(8)12/h4-5,7H,6H2,1-3H3,(H,14,15). The topological polar surface area (TPSA) is 51.2 Å². The van der Waals surface area contributed by atoms with Crippen LogP contribution in [0.4, 0.5) is 4.79 Å². The van der Waals surface area contributed by atoms with Crippen molar-refractivity contribution in [3.63, 3.8) is 0 Å². The average Bonchev–Trinajstić information content (AvgIpc) is 2.14. The predicted molar refractivity (Wildman–Crippen MR) is 62.3 cm³/mol. The molecule has 0 aliphatic carbocycles. The molecule has 1 amide bonds. The average molecular weight is 243 g/mol. The molecule has 0 unspecified atom stereocenters. The number of pyridine rings is 1. The van der Waals surface area contributed by atoms with E-state index in [1.165, 1.54) is 6.20 Å². The maximum absolute atomic E-state index is 11.4. The fraction of sp³-hybridized carbons (Fsp3) is 0.455. The summed E-state index contributed by atoms with van der Waals surface area (Å²) in [6.07, 6.45) is 2.70. The van der Waals surface area contributed by atoms with E-state index in [2.05, 4.69) is 10.3 Å². The zero-order valence-corrected chi connectivity index (χ0v) is 10.3. The van der Waals surface area contributed by atoms with Gasteiger partial charge in [-0.15, -0.1) is 0 Å². The van der Waals surface area contributed by atoms with E-state index in [1.54, 1.807) is 12.3 Å². The summed E-state index contributed by atoms with van der Waals surface area (Å²) in [4.78, 5) is 15.2. The third kappa shape index (κ3) is 4.49. The van der Waals surface area contributed by atoms with Crippen LogP contribution in [0.5, 0.6) is 0 Å². The molecule has 1 aromatic heterocycles. The van der Waals surface area contributed by atoms with Gasteiger partial charge in [-0.3, -0.25) is 4.98 Å². The van der Waals surface area contributed by atoms with Gasteiger partial charge in [-0.05, 0) is 32.4 Å². The monoisotopic (exact) mass is 242 g/mol. The number of ether oxygens (including phenoxy) is 1. The largest absolute Gasteiger partial charge is 0.444 e. The first kappa shape index (κ1) is 12.8. The number of aromatic nitrogens is 1. The predicted octanol–water partition coefficient (Wildman–Crippen LogP) is 2.76. The minimum Gasteiger partial charge on any atom is -0.444 e. The Kier molecular flexibility index (Phi) is 4.12. The Labute approximate surface area is 100.0 Å². The molecule has 88 valence electrons. The lowest BCUT2D eigenvalue weighted by atomic mass is 10.2. The molecule has 4 nitrogen and oxygen atoms in total. The zero-order valence-electron chi connectivity index (χ0n) is 9.58. The molecular weight excluding hydrogens is 228 g/mol. The van der Waals surface area contributed by atoms with Gasteiger partial charge < -0.3 is 10.1 Å². The van der Waals surface area contributed by atoms with Gasteiger partial charge in [0.1, 0.15) is 5.60 Å². The quantitative estimate of drug-likeness (QED) is 0.868. The number of hydrogen-bond acceptors (Lipinski definition) is 3. The molecule has 0 saturated carbocycles. The van der Waals surface area contributed by atoms with E-state index < -0.39 is 11.7 Å². The first-order valence-electron chi connectivity index (χ1n) is 4.94. The number of amides is 1. The van der Waals surface area contributed by atoms with Gasteiger partial charge in [-0.25, -0.2) is 4.79 Å². The van der Waals surface area contributed by atoms with Crippen LogP contribution in [0.1, 0.15) is 26.3 Å². The van der Waals surface area contributed by atoms with Gasteiger partial charge in [0, 0.05) is 18.9 Å². The van der Waals surface area contributed by atoms with Crippen molar-refractivity contribution in [2.75, 3.05) is 0 Å². The van der Waals surface area contributed by atoms with Crippen LogP contribution in [-0.4, -0.2) is 16.7 Å². The van der Waals surface area contributed by atoms with E-state index in [-0.39, 0.29) is 0 Å². The number of nitrogens with one attached hydrogen (secondary N) is 1. The van der Waals surface area contributed by atoms with Crippen molar-refractivity contribution in [3.8, 4) is 0 Å². The van der Waals surface area contributed by atoms with E-state index in [4.69, 9.17) is 16.3 Å². The molecule has 1 rings (SSSR count). The first-order chi connectivity index (χ1) is 7.38. The van der Waals surface area contributed by atoms with Gasteiger partial charge in [-0.1, -0.05) is 11.6 Å². The van der Waals surface area contributed by atoms with Crippen LogP contribution in [0, 0.1) is 0 Å². The molecule has 0 aromatic carbocycles. The van der Waals surface area contributed by atoms with Crippen molar-refractivity contribution in [1.82, 2.24) is 10.3 Å². The molecule has 0 aliphatic heterocycles. The van der Waals surface area contributed by atoms with Crippen molar-refractivity contribution < 1.29 is 9.53 Å². The fourth-order valence-corrected chi connectivity index (χ4v) is 1.22. The first-order valence-corrected chi connectivity index (χ1v) is 5.31. The highest BCUT2D eigenvalue weighted by Crippen LogP contribution is 2.13. The molecule has 0 atom stereocenters. The Morgan fingerprint density at radius 2 is 2.25 bits per heavy atom. The lowest BCUT2D eigenvalue weighted by molar-refractivity contribution is 0.0523. The lowest BCUT2D eigenvalue weighted by Crippen LogP contribution is -2.32. The van der Waals surface area contributed by atoms with Crippen molar-refractivity contribution >= 4 is 17.7 Å². The van der Waals surface area contributed by atoms with Crippen molar-refractivity contribution in [3.05, 3.63) is 29.0 Å². The summed E-state index contributed by atoms with van der Waals surface area (Å²) in [5.74, 6) is 0. The molecule has 0 fully saturated rings. The Morgan fingerprint density at radius 1 is 1.56 bits per heavy atom. The second kappa shape index (κ2) is 5.16. The number of nitrogens with zero attached hydrogens (tertiary/aromatic N) is 1. The highest BCUT2D eigenvalue weighted by atomic mass is 35.5. The van der Waals surface area contributed by atoms with Gasteiger partial charge >= 0.3 is 6.09 Å². The van der Waals surface area contributed by atoms with Gasteiger partial charge in [-0.2, -0.15) is 0 Å². The number of hydrogen-bond donors (Lipinski definition) is 1. The molecule has 1 heterocycles. The maximum Gasteiger partial charge on any atom is 0.407 e. The van der Waals surface area contributed by atoms with Crippen LogP contribution < -0.4 is 5.32 Å². The Bertz CT molecular complexity index is 374. The Hall–Kier alpha value is -1.29. The Balaban J connectivity index is 2.47. The highest BCUT2D eigenvalue weighted by molar-refractivity contribution is 6.31. The van der Waals surface area contributed by atoms with Crippen LogP contribution >= 0.6 is 11.6 Å². The maximum atomic E-state index is 11.4. The summed E-state index contributed by atoms with van der Waals surface area (Å²) < 4.78 is 5.09. The van der Waals surface area contributed by atoms with Crippen LogP contribution in [0.3, 0.4) is 0 Å². The number of halogens is 1. The third-order valence-electron chi connectivity index (χ3n) is 1.68. The smallest absolute Gasteiger partial charge is 0.407 e. The van der Waals surface area contributed by atoms with E-state index in [0.29, 0.717) is 11.6 Å². The molecule has 16 heavy (non-hydrogen) atoms. The number of carbonyl (C=O) groups excluding carboxylic acids is 1. The SMILES string of the molecule is CC(C)(C)OC(=O)NCc1ccncc1Cl. The number of carbonyl (C=O) groups is 1. The van der Waals surface area contributed by atoms with Crippen molar-refractivity contribution in [2.45, 2.75) is 32.9 Å². The van der Waals surface area contributed by atoms with Crippen LogP contribution in [0.2, 0.25) is 5.02 Å². The van der Waals surface area contributed by atoms with Crippen LogP contribution in [0.15, 0.2) is 18.5 Å². The lowest BCUT2D eigenvalue weighted by Gasteiger charge is -2.19. The molecular formula is C11H15ClN2O2. The number of rotatable bonds is 2. The summed E-state index contributed by atoms with van der Waals surface area (Å²) in [5, 5.41) is 3.15. The zero-order chi connectivity index (χ0) is 12.2. The normalized spacial score (nSPS) is 11.0. The summed E-state index contributed by atoms with van der Waals surface area (Å²) >= 11 is 5.89. The van der Waals surface area contributed by atoms with Crippen LogP contribution in [0.25, 0.3) is 0 Å². The second-order valence-electron chi connectivity index (χ2n) is 4.32. The van der Waals surface area contributed by atoms with Gasteiger partial charge in [0.25, 0.3) is 0 Å². The third-order valence-corrected chi connectivity index (χ3v) is 2.02. The van der Waals surface area contributed by atoms with E-state index in [0.717, 1.165) is 5.56 Å². The Morgan fingerprint density at radius 3 is 2.81 bits per heavy atom. The fourth-order valence-electron chi connectivity index (χ4n) is 1.03. The van der Waals surface area contributed by atoms with E-state index in [9.17, 15) is 4.79 Å². The molecule has 0 spiro atoms. The van der Waals surface area contributed by atoms with Gasteiger partial charge in [0.2, 0.25) is 0 Å². The van der Waals surface area contributed by atoms with Crippen molar-refractivity contribution in [1.29, 1.82) is 0 Å². The summed E-state index contributed by atoms with van der Waals surface area (Å²) in [6, 6.07) is 1.75. The second-order valence-corrected chi connectivity index (χ2v) is 4.73. The summed E-state index contributed by atoms with van der Waals surface area (Å²) in [5.41, 5.74) is 0.314. The highest BCUT2D eigenvalue weighted by Gasteiger charge is 2.15. The molecule has 1 aromatic rings. The molecule has 0 radical (unpaired) electrons. The van der Waals surface area contributed by atoms with Crippen molar-refractivity contribution in [2.24, 2.45) is 0 Å². The molecule has 1 N–H and O–H groups in total. The van der Waals surface area contributed by atoms with E-state index in [1.807, 2.05) is 20.8 Å².